The van der Waals surface area contributed by atoms with E-state index in [9.17, 15) is 18.0 Å². The zero-order valence-electron chi connectivity index (χ0n) is 25.4. The molecule has 0 aliphatic carbocycles. The minimum Gasteiger partial charge on any atom is -0.352 e. The molecule has 1 N–H and O–H groups in total. The van der Waals surface area contributed by atoms with E-state index in [0.717, 1.165) is 26.6 Å². The van der Waals surface area contributed by atoms with Crippen molar-refractivity contribution >= 4 is 39.1 Å². The number of carbonyl (C=O) groups excluding carboxylic acids is 2. The molecule has 44 heavy (non-hydrogen) atoms. The molecular weight excluding hydrogens is 594 g/mol. The van der Waals surface area contributed by atoms with Crippen molar-refractivity contribution in [3.8, 4) is 0 Å². The van der Waals surface area contributed by atoms with Crippen molar-refractivity contribution in [2.24, 2.45) is 0 Å². The Balaban J connectivity index is 1.79. The number of sulfonamides is 1. The maximum absolute atomic E-state index is 14.4. The van der Waals surface area contributed by atoms with Crippen molar-refractivity contribution in [1.82, 2.24) is 10.2 Å². The summed E-state index contributed by atoms with van der Waals surface area (Å²) in [7, 11) is -4.15. The quantitative estimate of drug-likeness (QED) is 0.198. The monoisotopic (exact) mass is 631 g/mol. The van der Waals surface area contributed by atoms with Gasteiger partial charge >= 0.3 is 0 Å². The summed E-state index contributed by atoms with van der Waals surface area (Å²) in [5.74, 6) is -0.842. The van der Waals surface area contributed by atoms with Crippen molar-refractivity contribution in [3.63, 3.8) is 0 Å². The Hall–Kier alpha value is -4.14. The fourth-order valence-electron chi connectivity index (χ4n) is 4.80. The summed E-state index contributed by atoms with van der Waals surface area (Å²) in [5, 5.41) is 3.50. The second kappa shape index (κ2) is 14.6. The Morgan fingerprint density at radius 2 is 1.34 bits per heavy atom. The van der Waals surface area contributed by atoms with E-state index in [1.165, 1.54) is 17.0 Å². The minimum absolute atomic E-state index is 0.0686. The summed E-state index contributed by atoms with van der Waals surface area (Å²) in [5.41, 5.74) is 3.83. The van der Waals surface area contributed by atoms with Gasteiger partial charge in [0, 0.05) is 24.0 Å². The Kier molecular flexibility index (Phi) is 10.8. The van der Waals surface area contributed by atoms with Gasteiger partial charge in [0.25, 0.3) is 10.0 Å². The number of nitrogens with one attached hydrogen (secondary N) is 1. The minimum atomic E-state index is -4.15. The molecule has 4 rings (SSSR count). The Labute approximate surface area is 265 Å². The smallest absolute Gasteiger partial charge is 0.264 e. The third kappa shape index (κ3) is 8.49. The molecule has 2 amide bonds. The first-order valence-corrected chi connectivity index (χ1v) is 16.3. The molecule has 0 radical (unpaired) electrons. The van der Waals surface area contributed by atoms with E-state index in [0.29, 0.717) is 10.7 Å². The standard InChI is InChI=1S/C35H38ClN3O4S/c1-25(2)37-35(41)33(22-28-8-6-5-7-9-28)38(23-29-14-16-30(36)17-15-29)34(40)24-39(31-18-10-26(3)11-19-31)44(42,43)32-20-12-27(4)13-21-32/h5-21,25,33H,22-24H2,1-4H3,(H,37,41)/t33-/m1/s1. The van der Waals surface area contributed by atoms with Crippen LogP contribution in [0.2, 0.25) is 5.02 Å². The second-order valence-electron chi connectivity index (χ2n) is 11.2. The average molecular weight is 632 g/mol. The third-order valence-electron chi connectivity index (χ3n) is 7.18. The number of benzene rings is 4. The van der Waals surface area contributed by atoms with Crippen LogP contribution in [0.25, 0.3) is 0 Å². The summed E-state index contributed by atoms with van der Waals surface area (Å²) in [4.78, 5) is 29.7. The van der Waals surface area contributed by atoms with Gasteiger partial charge in [0.2, 0.25) is 11.8 Å². The maximum Gasteiger partial charge on any atom is 0.264 e. The lowest BCUT2D eigenvalue weighted by Crippen LogP contribution is -2.54. The summed E-state index contributed by atoms with van der Waals surface area (Å²) in [6.07, 6.45) is 0.244. The van der Waals surface area contributed by atoms with Gasteiger partial charge in [-0.05, 0) is 75.2 Å². The number of aryl methyl sites for hydroxylation is 2. The molecule has 0 unspecified atom stereocenters. The van der Waals surface area contributed by atoms with Gasteiger partial charge in [-0.1, -0.05) is 89.5 Å². The van der Waals surface area contributed by atoms with Crippen LogP contribution in [0.4, 0.5) is 5.69 Å². The lowest BCUT2D eigenvalue weighted by atomic mass is 10.0. The predicted molar refractivity (Wildman–Crippen MR) is 176 cm³/mol. The topological polar surface area (TPSA) is 86.8 Å². The zero-order chi connectivity index (χ0) is 31.9. The van der Waals surface area contributed by atoms with Crippen LogP contribution < -0.4 is 9.62 Å². The van der Waals surface area contributed by atoms with Crippen molar-refractivity contribution in [3.05, 3.63) is 130 Å². The van der Waals surface area contributed by atoms with E-state index >= 15 is 0 Å². The summed E-state index contributed by atoms with van der Waals surface area (Å²) in [6.45, 7) is 7.06. The highest BCUT2D eigenvalue weighted by Crippen LogP contribution is 2.26. The fourth-order valence-corrected chi connectivity index (χ4v) is 6.34. The van der Waals surface area contributed by atoms with Crippen LogP contribution in [0.3, 0.4) is 0 Å². The van der Waals surface area contributed by atoms with Crippen LogP contribution in [-0.2, 0) is 32.6 Å². The van der Waals surface area contributed by atoms with Gasteiger partial charge < -0.3 is 10.2 Å². The molecule has 0 saturated heterocycles. The van der Waals surface area contributed by atoms with Crippen LogP contribution in [-0.4, -0.2) is 43.8 Å². The predicted octanol–water partition coefficient (Wildman–Crippen LogP) is 6.32. The third-order valence-corrected chi connectivity index (χ3v) is 9.22. The average Bonchev–Trinajstić information content (AvgIpc) is 2.99. The molecule has 0 bridgehead atoms. The molecular formula is C35H38ClN3O4S. The van der Waals surface area contributed by atoms with Gasteiger partial charge in [-0.2, -0.15) is 0 Å². The number of hydrogen-bond acceptors (Lipinski definition) is 4. The summed E-state index contributed by atoms with van der Waals surface area (Å²) >= 11 is 6.14. The van der Waals surface area contributed by atoms with E-state index in [4.69, 9.17) is 11.6 Å². The van der Waals surface area contributed by atoms with Gasteiger partial charge in [0.15, 0.2) is 0 Å². The molecule has 4 aromatic carbocycles. The molecule has 0 saturated carbocycles. The van der Waals surface area contributed by atoms with Crippen molar-refractivity contribution in [2.75, 3.05) is 10.8 Å². The number of rotatable bonds is 12. The van der Waals surface area contributed by atoms with Crippen LogP contribution in [0.15, 0.2) is 108 Å². The van der Waals surface area contributed by atoms with Gasteiger partial charge in [-0.15, -0.1) is 0 Å². The molecule has 0 aliphatic rings. The van der Waals surface area contributed by atoms with Crippen LogP contribution in [0.5, 0.6) is 0 Å². The molecule has 0 spiro atoms. The number of carbonyl (C=O) groups is 2. The first-order valence-electron chi connectivity index (χ1n) is 14.5. The molecule has 0 aliphatic heterocycles. The first kappa shape index (κ1) is 32.8. The molecule has 0 aromatic heterocycles. The van der Waals surface area contributed by atoms with Crippen LogP contribution in [0, 0.1) is 13.8 Å². The highest BCUT2D eigenvalue weighted by molar-refractivity contribution is 7.92. The summed E-state index contributed by atoms with van der Waals surface area (Å²) in [6, 6.07) is 28.9. The molecule has 0 heterocycles. The molecule has 9 heteroatoms. The number of nitrogens with zero attached hydrogens (tertiary/aromatic N) is 2. The van der Waals surface area contributed by atoms with E-state index in [2.05, 4.69) is 5.32 Å². The highest BCUT2D eigenvalue weighted by Gasteiger charge is 2.34. The Morgan fingerprint density at radius 1 is 0.773 bits per heavy atom. The first-order chi connectivity index (χ1) is 20.9. The molecule has 1 atom stereocenters. The molecule has 7 nitrogen and oxygen atoms in total. The SMILES string of the molecule is Cc1ccc(N(CC(=O)N(Cc2ccc(Cl)cc2)[C@H](Cc2ccccc2)C(=O)NC(C)C)S(=O)(=O)c2ccc(C)cc2)cc1. The number of amides is 2. The fraction of sp³-hybridized carbons (Fsp3) is 0.257. The number of halogens is 1. The van der Waals surface area contributed by atoms with Crippen LogP contribution >= 0.6 is 11.6 Å². The van der Waals surface area contributed by atoms with Crippen molar-refractivity contribution < 1.29 is 18.0 Å². The highest BCUT2D eigenvalue weighted by atomic mass is 35.5. The van der Waals surface area contributed by atoms with E-state index < -0.39 is 28.5 Å². The molecule has 0 fully saturated rings. The zero-order valence-corrected chi connectivity index (χ0v) is 27.0. The molecule has 4 aromatic rings. The lowest BCUT2D eigenvalue weighted by Gasteiger charge is -2.34. The van der Waals surface area contributed by atoms with E-state index in [-0.39, 0.29) is 29.8 Å². The van der Waals surface area contributed by atoms with Crippen molar-refractivity contribution in [1.29, 1.82) is 0 Å². The molecule has 230 valence electrons. The summed E-state index contributed by atoms with van der Waals surface area (Å²) < 4.78 is 29.3. The van der Waals surface area contributed by atoms with Crippen molar-refractivity contribution in [2.45, 2.75) is 57.6 Å². The van der Waals surface area contributed by atoms with E-state index in [1.807, 2.05) is 58.0 Å². The Morgan fingerprint density at radius 3 is 1.91 bits per heavy atom. The second-order valence-corrected chi connectivity index (χ2v) is 13.5. The van der Waals surface area contributed by atoms with Crippen LogP contribution in [0.1, 0.15) is 36.1 Å². The Bertz CT molecular complexity index is 1660. The van der Waals surface area contributed by atoms with Gasteiger partial charge in [-0.3, -0.25) is 13.9 Å². The van der Waals surface area contributed by atoms with Gasteiger partial charge in [0.05, 0.1) is 10.6 Å². The largest absolute Gasteiger partial charge is 0.352 e. The van der Waals surface area contributed by atoms with Gasteiger partial charge in [-0.25, -0.2) is 8.42 Å². The van der Waals surface area contributed by atoms with Gasteiger partial charge in [0.1, 0.15) is 12.6 Å². The maximum atomic E-state index is 14.4. The normalized spacial score (nSPS) is 12.0. The van der Waals surface area contributed by atoms with E-state index in [1.54, 1.807) is 60.7 Å². The lowest BCUT2D eigenvalue weighted by molar-refractivity contribution is -0.140. The number of hydrogen-bond donors (Lipinski definition) is 1. The number of anilines is 1.